The van der Waals surface area contributed by atoms with Gasteiger partial charge in [-0.3, -0.25) is 10.0 Å². The van der Waals surface area contributed by atoms with Crippen molar-refractivity contribution in [3.05, 3.63) is 95.4 Å². The number of benzene rings is 2. The summed E-state index contributed by atoms with van der Waals surface area (Å²) in [6.07, 6.45) is 3.39. The van der Waals surface area contributed by atoms with Crippen LogP contribution in [0.5, 0.6) is 0 Å². The lowest BCUT2D eigenvalue weighted by molar-refractivity contribution is 0.0701. The van der Waals surface area contributed by atoms with Gasteiger partial charge >= 0.3 is 0 Å². The molecule has 2 heterocycles. The zero-order valence-electron chi connectivity index (χ0n) is 15.7. The van der Waals surface area contributed by atoms with E-state index < -0.39 is 17.5 Å². The van der Waals surface area contributed by atoms with Gasteiger partial charge in [-0.15, -0.1) is 11.8 Å². The van der Waals surface area contributed by atoms with Crippen molar-refractivity contribution >= 4 is 28.6 Å². The number of pyridine rings is 1. The van der Waals surface area contributed by atoms with Gasteiger partial charge in [-0.05, 0) is 29.8 Å². The molecule has 0 spiro atoms. The number of hydrogen-bond donors (Lipinski definition) is 2. The minimum Gasteiger partial charge on any atom is -0.341 e. The number of nitrogens with zero attached hydrogens (tertiary/aromatic N) is 2. The van der Waals surface area contributed by atoms with Gasteiger partial charge in [-0.2, -0.15) is 0 Å². The molecule has 2 aromatic carbocycles. The fraction of sp³-hybridized carbons (Fsp3) is 0.0909. The van der Waals surface area contributed by atoms with Gasteiger partial charge in [0.1, 0.15) is 17.3 Å². The fourth-order valence-corrected chi connectivity index (χ4v) is 4.10. The number of carbonyl (C=O) groups is 1. The van der Waals surface area contributed by atoms with Crippen LogP contribution in [0.1, 0.15) is 21.6 Å². The summed E-state index contributed by atoms with van der Waals surface area (Å²) in [6, 6.07) is 14.9. The average Bonchev–Trinajstić information content (AvgIpc) is 3.11. The number of hydroxylamine groups is 1. The number of nitrogens with one attached hydrogen (secondary N) is 1. The Balaban J connectivity index is 1.73. The van der Waals surface area contributed by atoms with Crippen LogP contribution in [0.15, 0.2) is 71.9 Å². The molecular weight excluding hydrogens is 408 g/mol. The lowest BCUT2D eigenvalue weighted by Crippen LogP contribution is -2.19. The molecule has 0 radical (unpaired) electrons. The van der Waals surface area contributed by atoms with Gasteiger partial charge in [-0.1, -0.05) is 24.3 Å². The first kappa shape index (κ1) is 20.1. The Kier molecular flexibility index (Phi) is 5.78. The molecule has 0 saturated heterocycles. The lowest BCUT2D eigenvalue weighted by atomic mass is 10.2. The van der Waals surface area contributed by atoms with Crippen LogP contribution < -0.4 is 5.48 Å². The summed E-state index contributed by atoms with van der Waals surface area (Å²) in [6.45, 7) is 0.186. The van der Waals surface area contributed by atoms with Crippen LogP contribution in [0.25, 0.3) is 10.9 Å². The van der Waals surface area contributed by atoms with Gasteiger partial charge in [0.25, 0.3) is 5.91 Å². The number of fused-ring (bicyclic) bond motifs is 1. The van der Waals surface area contributed by atoms with Gasteiger partial charge in [0.15, 0.2) is 0 Å². The first-order valence-corrected chi connectivity index (χ1v) is 10.1. The Labute approximate surface area is 175 Å². The Morgan fingerprint density at radius 1 is 1.10 bits per heavy atom. The molecule has 0 fully saturated rings. The third-order valence-electron chi connectivity index (χ3n) is 4.68. The molecule has 0 saturated carbocycles. The molecule has 0 aliphatic rings. The first-order chi connectivity index (χ1) is 14.5. The Morgan fingerprint density at radius 3 is 2.63 bits per heavy atom. The van der Waals surface area contributed by atoms with E-state index in [4.69, 9.17) is 5.21 Å². The van der Waals surface area contributed by atoms with Crippen molar-refractivity contribution in [2.75, 3.05) is 0 Å². The Morgan fingerprint density at radius 2 is 1.90 bits per heavy atom. The zero-order chi connectivity index (χ0) is 21.1. The maximum absolute atomic E-state index is 14.2. The highest BCUT2D eigenvalue weighted by molar-refractivity contribution is 7.98. The summed E-state index contributed by atoms with van der Waals surface area (Å²) in [5.41, 5.74) is 3.63. The summed E-state index contributed by atoms with van der Waals surface area (Å²) < 4.78 is 29.2. The first-order valence-electron chi connectivity index (χ1n) is 9.09. The van der Waals surface area contributed by atoms with E-state index in [1.807, 2.05) is 41.1 Å². The van der Waals surface area contributed by atoms with Crippen molar-refractivity contribution < 1.29 is 18.8 Å². The highest BCUT2D eigenvalue weighted by Gasteiger charge is 2.15. The summed E-state index contributed by atoms with van der Waals surface area (Å²) in [4.78, 5) is 17.0. The molecule has 30 heavy (non-hydrogen) atoms. The van der Waals surface area contributed by atoms with Gasteiger partial charge in [0, 0.05) is 33.9 Å². The third-order valence-corrected chi connectivity index (χ3v) is 5.74. The van der Waals surface area contributed by atoms with E-state index >= 15 is 0 Å². The summed E-state index contributed by atoms with van der Waals surface area (Å²) in [7, 11) is 0. The van der Waals surface area contributed by atoms with Crippen LogP contribution in [-0.2, 0) is 12.3 Å². The van der Waals surface area contributed by atoms with Gasteiger partial charge in [0.05, 0.1) is 18.3 Å². The quantitative estimate of drug-likeness (QED) is 0.265. The Bertz CT molecular complexity index is 1210. The molecule has 0 atom stereocenters. The van der Waals surface area contributed by atoms with Gasteiger partial charge < -0.3 is 4.57 Å². The molecule has 0 bridgehead atoms. The van der Waals surface area contributed by atoms with Crippen molar-refractivity contribution in [2.24, 2.45) is 0 Å². The van der Waals surface area contributed by atoms with Crippen LogP contribution in [0.3, 0.4) is 0 Å². The Hall–Kier alpha value is -3.23. The maximum Gasteiger partial charge on any atom is 0.293 e. The zero-order valence-corrected chi connectivity index (χ0v) is 16.5. The molecular formula is C22H17F2N3O2S. The molecule has 1 amide bonds. The predicted molar refractivity (Wildman–Crippen MR) is 110 cm³/mol. The molecule has 2 N–H and O–H groups in total. The van der Waals surface area contributed by atoms with Crippen LogP contribution in [0.2, 0.25) is 0 Å². The van der Waals surface area contributed by atoms with Crippen LogP contribution in [-0.4, -0.2) is 20.7 Å². The number of thioether (sulfide) groups is 1. The van der Waals surface area contributed by atoms with E-state index in [9.17, 15) is 13.6 Å². The van der Waals surface area contributed by atoms with E-state index in [1.54, 1.807) is 23.3 Å². The highest BCUT2D eigenvalue weighted by atomic mass is 32.2. The molecule has 0 aliphatic carbocycles. The van der Waals surface area contributed by atoms with Crippen molar-refractivity contribution in [1.29, 1.82) is 0 Å². The van der Waals surface area contributed by atoms with E-state index in [2.05, 4.69) is 4.98 Å². The summed E-state index contributed by atoms with van der Waals surface area (Å²) >= 11 is 1.63. The normalized spacial score (nSPS) is 11.0. The molecule has 2 aromatic heterocycles. The molecule has 0 unspecified atom stereocenters. The van der Waals surface area contributed by atoms with Crippen LogP contribution in [0, 0.1) is 11.6 Å². The fourth-order valence-electron chi connectivity index (χ4n) is 3.20. The number of hydrogen-bond acceptors (Lipinski definition) is 4. The lowest BCUT2D eigenvalue weighted by Gasteiger charge is -2.07. The average molecular weight is 425 g/mol. The van der Waals surface area contributed by atoms with E-state index in [0.717, 1.165) is 21.9 Å². The van der Waals surface area contributed by atoms with Gasteiger partial charge in [-0.25, -0.2) is 19.2 Å². The van der Waals surface area contributed by atoms with E-state index in [1.165, 1.54) is 18.3 Å². The third kappa shape index (κ3) is 4.19. The number of rotatable bonds is 6. The molecule has 4 rings (SSSR count). The molecule has 5 nitrogen and oxygen atoms in total. The monoisotopic (exact) mass is 425 g/mol. The molecule has 152 valence electrons. The molecule has 0 aliphatic heterocycles. The van der Waals surface area contributed by atoms with Crippen LogP contribution in [0.4, 0.5) is 8.78 Å². The highest BCUT2D eigenvalue weighted by Crippen LogP contribution is 2.29. The summed E-state index contributed by atoms with van der Waals surface area (Å²) in [5.74, 6) is -1.35. The largest absolute Gasteiger partial charge is 0.341 e. The minimum atomic E-state index is -0.712. The predicted octanol–water partition coefficient (Wildman–Crippen LogP) is 4.77. The van der Waals surface area contributed by atoms with Gasteiger partial charge in [0.2, 0.25) is 0 Å². The minimum absolute atomic E-state index is 0.0710. The second-order valence-corrected chi connectivity index (χ2v) is 7.70. The maximum atomic E-state index is 14.2. The second kappa shape index (κ2) is 8.64. The van der Waals surface area contributed by atoms with Crippen molar-refractivity contribution in [3.63, 3.8) is 0 Å². The van der Waals surface area contributed by atoms with E-state index in [-0.39, 0.29) is 12.2 Å². The smallest absolute Gasteiger partial charge is 0.293 e. The number of amides is 1. The standard InChI is InChI=1S/C22H17F2N3O2S/c23-16-7-6-14(19(24)8-16)11-27-12-15(13-30-17-4-2-1-3-5-17)18-9-20(22(28)26-29)25-10-21(18)27/h1-10,12,29H,11,13H2,(H,26,28). The van der Waals surface area contributed by atoms with E-state index in [0.29, 0.717) is 16.8 Å². The molecule has 4 aromatic rings. The molecule has 8 heteroatoms. The van der Waals surface area contributed by atoms with Crippen molar-refractivity contribution in [3.8, 4) is 0 Å². The topological polar surface area (TPSA) is 67.2 Å². The number of carbonyl (C=O) groups excluding carboxylic acids is 1. The van der Waals surface area contributed by atoms with Crippen molar-refractivity contribution in [1.82, 2.24) is 15.0 Å². The summed E-state index contributed by atoms with van der Waals surface area (Å²) in [5, 5.41) is 9.69. The van der Waals surface area contributed by atoms with Crippen LogP contribution >= 0.6 is 11.8 Å². The SMILES string of the molecule is O=C(NO)c1cc2c(CSc3ccccc3)cn(Cc3ccc(F)cc3F)c2cn1. The number of aromatic nitrogens is 2. The van der Waals surface area contributed by atoms with Crippen molar-refractivity contribution in [2.45, 2.75) is 17.2 Å². The second-order valence-electron chi connectivity index (χ2n) is 6.65. The number of halogens is 2.